The Kier molecular flexibility index (Phi) is 26.0. The standard InChI is InChI=1S/C40H76N2O11/c1-3-5-7-9-11-13-15-17-19-21-27-41-31(43)25-23-29-33(45)35(47)37(49)39(51-29)53-40-38(50)36(48)34(46)30(52-40)24-26-32(44)42-28-22-20-18-16-14-12-10-8-6-4-2/h29-30,33-40,45-50H,3-28H2,1-2H3,(H,41,43)(H,42,44)/t29-,30-,33-,34-,35-,36+,37-,38-,39-,40?/m1/s1. The van der Waals surface area contributed by atoms with Crippen LogP contribution in [0.5, 0.6) is 0 Å². The topological polar surface area (TPSA) is 207 Å². The van der Waals surface area contributed by atoms with Crippen LogP contribution in [0.15, 0.2) is 0 Å². The van der Waals surface area contributed by atoms with Crippen molar-refractivity contribution in [2.24, 2.45) is 0 Å². The van der Waals surface area contributed by atoms with E-state index in [-0.39, 0.29) is 37.5 Å². The highest BCUT2D eigenvalue weighted by Crippen LogP contribution is 2.30. The lowest BCUT2D eigenvalue weighted by atomic mass is 9.94. The second kappa shape index (κ2) is 28.9. The van der Waals surface area contributed by atoms with E-state index in [1.54, 1.807) is 0 Å². The summed E-state index contributed by atoms with van der Waals surface area (Å²) in [5.41, 5.74) is 0. The van der Waals surface area contributed by atoms with Crippen molar-refractivity contribution in [3.8, 4) is 0 Å². The van der Waals surface area contributed by atoms with Gasteiger partial charge in [-0.2, -0.15) is 0 Å². The second-order valence-corrected chi connectivity index (χ2v) is 15.3. The summed E-state index contributed by atoms with van der Waals surface area (Å²) < 4.78 is 17.1. The van der Waals surface area contributed by atoms with Crippen molar-refractivity contribution >= 4 is 11.8 Å². The van der Waals surface area contributed by atoms with E-state index in [0.717, 1.165) is 38.5 Å². The van der Waals surface area contributed by atoms with Crippen LogP contribution in [0.4, 0.5) is 0 Å². The molecule has 0 aromatic heterocycles. The summed E-state index contributed by atoms with van der Waals surface area (Å²) in [5.74, 6) is -0.457. The third-order valence-corrected chi connectivity index (χ3v) is 10.6. The van der Waals surface area contributed by atoms with Crippen LogP contribution in [0.3, 0.4) is 0 Å². The Hall–Kier alpha value is -1.42. The van der Waals surface area contributed by atoms with Crippen LogP contribution < -0.4 is 10.6 Å². The van der Waals surface area contributed by atoms with E-state index in [2.05, 4.69) is 24.5 Å². The molecule has 0 saturated carbocycles. The Balaban J connectivity index is 1.70. The number of amides is 2. The van der Waals surface area contributed by atoms with Gasteiger partial charge in [0.2, 0.25) is 11.8 Å². The lowest BCUT2D eigenvalue weighted by Gasteiger charge is -2.45. The Morgan fingerprint density at radius 1 is 0.453 bits per heavy atom. The number of nitrogens with one attached hydrogen (secondary N) is 2. The number of carbonyl (C=O) groups is 2. The van der Waals surface area contributed by atoms with Crippen LogP contribution in [0.2, 0.25) is 0 Å². The van der Waals surface area contributed by atoms with Crippen LogP contribution in [-0.2, 0) is 23.8 Å². The molecule has 0 radical (unpaired) electrons. The van der Waals surface area contributed by atoms with Gasteiger partial charge >= 0.3 is 0 Å². The molecule has 2 amide bonds. The first kappa shape index (κ1) is 47.7. The Morgan fingerprint density at radius 2 is 0.755 bits per heavy atom. The third-order valence-electron chi connectivity index (χ3n) is 10.6. The molecule has 1 unspecified atom stereocenters. The number of hydrogen-bond donors (Lipinski definition) is 8. The molecule has 0 aromatic carbocycles. The van der Waals surface area contributed by atoms with Gasteiger partial charge in [0.05, 0.1) is 12.2 Å². The van der Waals surface area contributed by atoms with Crippen molar-refractivity contribution in [1.29, 1.82) is 0 Å². The van der Waals surface area contributed by atoms with Gasteiger partial charge < -0.3 is 55.5 Å². The highest BCUT2D eigenvalue weighted by atomic mass is 16.8. The first-order valence-electron chi connectivity index (χ1n) is 21.2. The van der Waals surface area contributed by atoms with E-state index in [9.17, 15) is 40.2 Å². The van der Waals surface area contributed by atoms with Crippen LogP contribution in [0.25, 0.3) is 0 Å². The van der Waals surface area contributed by atoms with E-state index in [4.69, 9.17) is 14.2 Å². The van der Waals surface area contributed by atoms with E-state index in [0.29, 0.717) is 13.1 Å². The van der Waals surface area contributed by atoms with Gasteiger partial charge in [0.25, 0.3) is 0 Å². The van der Waals surface area contributed by atoms with Crippen LogP contribution >= 0.6 is 0 Å². The first-order chi connectivity index (χ1) is 25.6. The maximum atomic E-state index is 12.5. The molecular weight excluding hydrogens is 684 g/mol. The average molecular weight is 761 g/mol. The molecule has 2 fully saturated rings. The molecule has 2 rings (SSSR count). The van der Waals surface area contributed by atoms with Gasteiger partial charge in [0, 0.05) is 25.9 Å². The lowest BCUT2D eigenvalue weighted by Crippen LogP contribution is -2.63. The van der Waals surface area contributed by atoms with Gasteiger partial charge in [-0.05, 0) is 25.7 Å². The molecule has 13 nitrogen and oxygen atoms in total. The van der Waals surface area contributed by atoms with E-state index < -0.39 is 61.4 Å². The minimum Gasteiger partial charge on any atom is -0.388 e. The first-order valence-corrected chi connectivity index (χ1v) is 21.2. The number of rotatable bonds is 30. The second-order valence-electron chi connectivity index (χ2n) is 15.3. The molecule has 13 heteroatoms. The zero-order valence-corrected chi connectivity index (χ0v) is 32.9. The van der Waals surface area contributed by atoms with Crippen LogP contribution in [0.1, 0.15) is 168 Å². The number of aliphatic hydroxyl groups is 6. The predicted octanol–water partition coefficient (Wildman–Crippen LogP) is 4.25. The molecule has 2 aliphatic rings. The minimum atomic E-state index is -1.73. The van der Waals surface area contributed by atoms with Crippen molar-refractivity contribution in [2.45, 2.75) is 229 Å². The van der Waals surface area contributed by atoms with Crippen LogP contribution in [0, 0.1) is 0 Å². The van der Waals surface area contributed by atoms with Gasteiger partial charge in [0.15, 0.2) is 12.6 Å². The summed E-state index contributed by atoms with van der Waals surface area (Å²) in [5, 5.41) is 69.2. The van der Waals surface area contributed by atoms with Crippen molar-refractivity contribution in [2.75, 3.05) is 13.1 Å². The normalized spacial score (nSPS) is 28.9. The average Bonchev–Trinajstić information content (AvgIpc) is 3.15. The molecule has 0 bridgehead atoms. The molecule has 2 aliphatic heterocycles. The van der Waals surface area contributed by atoms with E-state index in [1.165, 1.54) is 89.9 Å². The fourth-order valence-corrected chi connectivity index (χ4v) is 7.07. The molecular formula is C40H76N2O11. The third kappa shape index (κ3) is 19.3. The Labute approximate surface area is 318 Å². The molecule has 0 aliphatic carbocycles. The fraction of sp³-hybridized carbons (Fsp3) is 0.950. The lowest BCUT2D eigenvalue weighted by molar-refractivity contribution is -0.374. The van der Waals surface area contributed by atoms with Gasteiger partial charge in [-0.3, -0.25) is 9.59 Å². The van der Waals surface area contributed by atoms with Crippen LogP contribution in [-0.4, -0.2) is 117 Å². The van der Waals surface area contributed by atoms with Crippen molar-refractivity contribution in [3.63, 3.8) is 0 Å². The number of unbranched alkanes of at least 4 members (excludes halogenated alkanes) is 18. The Bertz CT molecular complexity index is 874. The molecule has 0 aromatic rings. The highest BCUT2D eigenvalue weighted by molar-refractivity contribution is 5.76. The monoisotopic (exact) mass is 761 g/mol. The number of aliphatic hydroxyl groups excluding tert-OH is 6. The quantitative estimate of drug-likeness (QED) is 0.0486. The molecule has 0 spiro atoms. The minimum absolute atomic E-state index is 0.00577. The summed E-state index contributed by atoms with van der Waals surface area (Å²) in [6.07, 6.45) is 8.83. The summed E-state index contributed by atoms with van der Waals surface area (Å²) in [6, 6.07) is 0. The van der Waals surface area contributed by atoms with Gasteiger partial charge in [-0.15, -0.1) is 0 Å². The molecule has 2 saturated heterocycles. The van der Waals surface area contributed by atoms with Crippen molar-refractivity contribution in [3.05, 3.63) is 0 Å². The molecule has 312 valence electrons. The summed E-state index contributed by atoms with van der Waals surface area (Å²) >= 11 is 0. The summed E-state index contributed by atoms with van der Waals surface area (Å²) in [7, 11) is 0. The van der Waals surface area contributed by atoms with Crippen molar-refractivity contribution in [1.82, 2.24) is 10.6 Å². The zero-order chi connectivity index (χ0) is 38.8. The molecule has 53 heavy (non-hydrogen) atoms. The summed E-state index contributed by atoms with van der Waals surface area (Å²) in [6.45, 7) is 5.52. The highest BCUT2D eigenvalue weighted by Gasteiger charge is 2.49. The maximum absolute atomic E-state index is 12.5. The molecule has 8 N–H and O–H groups in total. The van der Waals surface area contributed by atoms with E-state index >= 15 is 0 Å². The Morgan fingerprint density at radius 3 is 1.08 bits per heavy atom. The van der Waals surface area contributed by atoms with E-state index in [1.807, 2.05) is 0 Å². The molecule has 10 atom stereocenters. The zero-order valence-electron chi connectivity index (χ0n) is 32.9. The van der Waals surface area contributed by atoms with Gasteiger partial charge in [0.1, 0.15) is 36.6 Å². The van der Waals surface area contributed by atoms with Gasteiger partial charge in [-0.25, -0.2) is 0 Å². The van der Waals surface area contributed by atoms with Gasteiger partial charge in [-0.1, -0.05) is 129 Å². The molecule has 2 heterocycles. The maximum Gasteiger partial charge on any atom is 0.220 e. The SMILES string of the molecule is CCCCCCCCCCCCNC(=O)CC[C@H]1O[C@H](OC2O[C@H](CCC(=O)NCCCCCCCCCCCC)[C@@H](O)[C@H](O)[C@H]2O)[C@H](O)[C@H](O)[C@@H]1O. The summed E-state index contributed by atoms with van der Waals surface area (Å²) in [4.78, 5) is 25.0. The largest absolute Gasteiger partial charge is 0.388 e. The number of ether oxygens (including phenoxy) is 3. The predicted molar refractivity (Wildman–Crippen MR) is 203 cm³/mol. The van der Waals surface area contributed by atoms with Crippen molar-refractivity contribution < 1.29 is 54.4 Å². The number of hydrogen-bond acceptors (Lipinski definition) is 11. The fourth-order valence-electron chi connectivity index (χ4n) is 7.07. The number of carbonyl (C=O) groups excluding carboxylic acids is 2. The smallest absolute Gasteiger partial charge is 0.220 e.